The molecule has 0 saturated carbocycles. The first-order valence-electron chi connectivity index (χ1n) is 9.13. The quantitative estimate of drug-likeness (QED) is 0.222. The smallest absolute Gasteiger partial charge is 0.347 e. The van der Waals surface area contributed by atoms with Crippen molar-refractivity contribution in [1.29, 1.82) is 0 Å². The summed E-state index contributed by atoms with van der Waals surface area (Å²) in [6, 6.07) is 9.78. The van der Waals surface area contributed by atoms with Crippen LogP contribution in [0.1, 0.15) is 20.7 Å². The molecule has 170 valence electrons. The number of benzene rings is 3. The van der Waals surface area contributed by atoms with E-state index in [0.717, 1.165) is 30.3 Å². The Kier molecular flexibility index (Phi) is 6.82. The summed E-state index contributed by atoms with van der Waals surface area (Å²) >= 11 is 0. The van der Waals surface area contributed by atoms with Crippen molar-refractivity contribution in [3.05, 3.63) is 87.5 Å². The second kappa shape index (κ2) is 9.73. The molecule has 0 aliphatic carbocycles. The van der Waals surface area contributed by atoms with Gasteiger partial charge >= 0.3 is 17.6 Å². The predicted octanol–water partition coefficient (Wildman–Crippen LogP) is 4.33. The molecule has 11 heteroatoms. The molecule has 0 saturated heterocycles. The Hall–Kier alpha value is -4.54. The molecule has 3 rings (SSSR count). The Labute approximate surface area is 185 Å². The van der Waals surface area contributed by atoms with Crippen molar-refractivity contribution < 1.29 is 42.2 Å². The molecule has 0 N–H and O–H groups in total. The van der Waals surface area contributed by atoms with Crippen LogP contribution >= 0.6 is 0 Å². The highest BCUT2D eigenvalue weighted by Gasteiger charge is 2.20. The zero-order valence-electron chi connectivity index (χ0n) is 17.2. The van der Waals surface area contributed by atoms with Gasteiger partial charge < -0.3 is 18.9 Å². The maximum absolute atomic E-state index is 14.5. The van der Waals surface area contributed by atoms with Gasteiger partial charge in [0.15, 0.2) is 0 Å². The van der Waals surface area contributed by atoms with Crippen LogP contribution in [0.3, 0.4) is 0 Å². The summed E-state index contributed by atoms with van der Waals surface area (Å²) in [6.45, 7) is 0. The Bertz CT molecular complexity index is 1250. The van der Waals surface area contributed by atoms with Gasteiger partial charge in [0.05, 0.1) is 24.7 Å². The van der Waals surface area contributed by atoms with Gasteiger partial charge in [-0.15, -0.1) is 0 Å². The van der Waals surface area contributed by atoms with Crippen LogP contribution in [-0.2, 0) is 0 Å². The third kappa shape index (κ3) is 5.21. The van der Waals surface area contributed by atoms with E-state index in [-0.39, 0.29) is 22.8 Å². The van der Waals surface area contributed by atoms with Gasteiger partial charge in [0, 0.05) is 24.3 Å². The lowest BCUT2D eigenvalue weighted by molar-refractivity contribution is -0.387. The van der Waals surface area contributed by atoms with E-state index in [2.05, 4.69) is 0 Å². The van der Waals surface area contributed by atoms with Crippen molar-refractivity contribution in [3.8, 4) is 23.0 Å². The van der Waals surface area contributed by atoms with Gasteiger partial charge in [-0.05, 0) is 30.3 Å². The van der Waals surface area contributed by atoms with Gasteiger partial charge in [-0.3, -0.25) is 10.1 Å². The number of rotatable bonds is 7. The number of carbonyl (C=O) groups excluding carboxylic acids is 2. The molecule has 0 fully saturated rings. The van der Waals surface area contributed by atoms with Crippen molar-refractivity contribution >= 4 is 17.6 Å². The number of nitro benzene ring substituents is 1. The minimum absolute atomic E-state index is 0.0578. The monoisotopic (exact) mass is 459 g/mol. The van der Waals surface area contributed by atoms with Gasteiger partial charge in [0.1, 0.15) is 34.4 Å². The van der Waals surface area contributed by atoms with Crippen molar-refractivity contribution in [3.63, 3.8) is 0 Å². The summed E-state index contributed by atoms with van der Waals surface area (Å²) in [6.07, 6.45) is 0. The SMILES string of the molecule is COc1ccc(C(=O)Oc2ccc(C(=O)Oc3ccc([N+](=O)[O-])c(F)c3)c(F)c2)c(OC)c1. The maximum atomic E-state index is 14.5. The largest absolute Gasteiger partial charge is 0.497 e. The molecule has 0 bridgehead atoms. The normalized spacial score (nSPS) is 10.3. The lowest BCUT2D eigenvalue weighted by Crippen LogP contribution is -2.13. The highest BCUT2D eigenvalue weighted by molar-refractivity contribution is 5.95. The van der Waals surface area contributed by atoms with Crippen LogP contribution in [0.2, 0.25) is 0 Å². The molecule has 33 heavy (non-hydrogen) atoms. The maximum Gasteiger partial charge on any atom is 0.347 e. The molecule has 0 aromatic heterocycles. The first-order chi connectivity index (χ1) is 15.7. The molecule has 0 aliphatic rings. The summed E-state index contributed by atoms with van der Waals surface area (Å²) in [4.78, 5) is 34.3. The van der Waals surface area contributed by atoms with Crippen LogP contribution in [0, 0.1) is 21.7 Å². The summed E-state index contributed by atoms with van der Waals surface area (Å²) in [7, 11) is 2.79. The predicted molar refractivity (Wildman–Crippen MR) is 109 cm³/mol. The van der Waals surface area contributed by atoms with E-state index in [4.69, 9.17) is 18.9 Å². The molecule has 3 aromatic rings. The van der Waals surface area contributed by atoms with E-state index in [1.54, 1.807) is 0 Å². The first kappa shape index (κ1) is 23.1. The molecule has 0 aliphatic heterocycles. The zero-order chi connectivity index (χ0) is 24.1. The lowest BCUT2D eigenvalue weighted by atomic mass is 10.2. The van der Waals surface area contributed by atoms with Crippen LogP contribution in [0.5, 0.6) is 23.0 Å². The second-order valence-electron chi connectivity index (χ2n) is 6.36. The highest BCUT2D eigenvalue weighted by atomic mass is 19.1. The number of nitro groups is 1. The van der Waals surface area contributed by atoms with Gasteiger partial charge in [0.25, 0.3) is 0 Å². The number of nitrogens with zero attached hydrogens (tertiary/aromatic N) is 1. The standard InChI is InChI=1S/C22H15F2NO8/c1-30-12-3-7-16(20(11-12)31-2)22(27)33-13-4-6-15(17(23)9-13)21(26)32-14-5-8-19(25(28)29)18(24)10-14/h3-11H,1-2H3. The molecular weight excluding hydrogens is 444 g/mol. The van der Waals surface area contributed by atoms with Crippen LogP contribution in [0.15, 0.2) is 54.6 Å². The topological polar surface area (TPSA) is 114 Å². The minimum Gasteiger partial charge on any atom is -0.497 e. The number of methoxy groups -OCH3 is 2. The Morgan fingerprint density at radius 1 is 0.758 bits per heavy atom. The van der Waals surface area contributed by atoms with E-state index in [1.165, 1.54) is 32.4 Å². The number of esters is 2. The van der Waals surface area contributed by atoms with Gasteiger partial charge in [0.2, 0.25) is 5.82 Å². The van der Waals surface area contributed by atoms with Crippen molar-refractivity contribution in [1.82, 2.24) is 0 Å². The van der Waals surface area contributed by atoms with Crippen LogP contribution in [0.25, 0.3) is 0 Å². The summed E-state index contributed by atoms with van der Waals surface area (Å²) in [5, 5.41) is 10.6. The van der Waals surface area contributed by atoms with Crippen molar-refractivity contribution in [2.24, 2.45) is 0 Å². The number of hydrogen-bond donors (Lipinski definition) is 0. The molecule has 0 heterocycles. The number of ether oxygens (including phenoxy) is 4. The highest BCUT2D eigenvalue weighted by Crippen LogP contribution is 2.27. The molecule has 3 aromatic carbocycles. The Morgan fingerprint density at radius 2 is 1.30 bits per heavy atom. The van der Waals surface area contributed by atoms with Gasteiger partial charge in [-0.2, -0.15) is 4.39 Å². The number of hydrogen-bond acceptors (Lipinski definition) is 8. The van der Waals surface area contributed by atoms with Crippen molar-refractivity contribution in [2.45, 2.75) is 0 Å². The lowest BCUT2D eigenvalue weighted by Gasteiger charge is -2.11. The van der Waals surface area contributed by atoms with Gasteiger partial charge in [-0.1, -0.05) is 0 Å². The molecule has 0 amide bonds. The summed E-state index contributed by atoms with van der Waals surface area (Å²) in [5.41, 5.74) is -1.28. The van der Waals surface area contributed by atoms with Crippen LogP contribution in [-0.4, -0.2) is 31.1 Å². The molecule has 0 unspecified atom stereocenters. The Balaban J connectivity index is 1.74. The molecular formula is C22H15F2NO8. The summed E-state index contributed by atoms with van der Waals surface area (Å²) in [5.74, 6) is -4.25. The molecule has 0 atom stereocenters. The van der Waals surface area contributed by atoms with E-state index >= 15 is 0 Å². The fourth-order valence-electron chi connectivity index (χ4n) is 2.72. The van der Waals surface area contributed by atoms with E-state index < -0.39 is 39.7 Å². The third-order valence-electron chi connectivity index (χ3n) is 4.33. The molecule has 0 spiro atoms. The molecule has 0 radical (unpaired) electrons. The number of halogens is 2. The fraction of sp³-hybridized carbons (Fsp3) is 0.0909. The van der Waals surface area contributed by atoms with Crippen LogP contribution in [0.4, 0.5) is 14.5 Å². The van der Waals surface area contributed by atoms with E-state index in [1.807, 2.05) is 0 Å². The summed E-state index contributed by atoms with van der Waals surface area (Å²) < 4.78 is 48.3. The van der Waals surface area contributed by atoms with Crippen LogP contribution < -0.4 is 18.9 Å². The zero-order valence-corrected chi connectivity index (χ0v) is 17.2. The minimum atomic E-state index is -1.22. The van der Waals surface area contributed by atoms with Crippen molar-refractivity contribution in [2.75, 3.05) is 14.2 Å². The molecule has 9 nitrogen and oxygen atoms in total. The Morgan fingerprint density at radius 3 is 1.85 bits per heavy atom. The average molecular weight is 459 g/mol. The van der Waals surface area contributed by atoms with E-state index in [0.29, 0.717) is 11.8 Å². The second-order valence-corrected chi connectivity index (χ2v) is 6.36. The average Bonchev–Trinajstić information content (AvgIpc) is 2.78. The third-order valence-corrected chi connectivity index (χ3v) is 4.33. The van der Waals surface area contributed by atoms with Gasteiger partial charge in [-0.25, -0.2) is 14.0 Å². The van der Waals surface area contributed by atoms with E-state index in [9.17, 15) is 28.5 Å². The first-order valence-corrected chi connectivity index (χ1v) is 9.13. The fourth-order valence-corrected chi connectivity index (χ4v) is 2.72. The number of carbonyl (C=O) groups is 2.